The van der Waals surface area contributed by atoms with E-state index in [1.807, 2.05) is 11.0 Å². The molecule has 0 bridgehead atoms. The molecule has 4 heterocycles. The second-order valence-corrected chi connectivity index (χ2v) is 7.76. The van der Waals surface area contributed by atoms with E-state index in [1.54, 1.807) is 13.2 Å². The van der Waals surface area contributed by atoms with Crippen LogP contribution in [-0.4, -0.2) is 39.4 Å². The number of furan rings is 1. The van der Waals surface area contributed by atoms with Crippen molar-refractivity contribution in [1.29, 1.82) is 0 Å². The molecule has 1 saturated heterocycles. The van der Waals surface area contributed by atoms with Crippen molar-refractivity contribution in [2.45, 2.75) is 38.4 Å². The first-order valence-electron chi connectivity index (χ1n) is 10.0. The molecule has 5 heteroatoms. The quantitative estimate of drug-likeness (QED) is 0.680. The molecule has 0 aliphatic carbocycles. The van der Waals surface area contributed by atoms with E-state index in [1.165, 1.54) is 16.9 Å². The predicted octanol–water partition coefficient (Wildman–Crippen LogP) is 3.99. The zero-order chi connectivity index (χ0) is 19.1. The number of carbonyl (C=O) groups excluding carboxylic acids is 1. The van der Waals surface area contributed by atoms with Gasteiger partial charge in [-0.25, -0.2) is 0 Å². The molecule has 0 spiro atoms. The molecule has 5 rings (SSSR count). The van der Waals surface area contributed by atoms with Gasteiger partial charge in [0, 0.05) is 50.2 Å². The third kappa shape index (κ3) is 2.87. The molecule has 5 nitrogen and oxygen atoms in total. The lowest BCUT2D eigenvalue weighted by atomic mass is 9.98. The van der Waals surface area contributed by atoms with Gasteiger partial charge in [-0.05, 0) is 48.7 Å². The summed E-state index contributed by atoms with van der Waals surface area (Å²) in [4.78, 5) is 16.3. The van der Waals surface area contributed by atoms with Gasteiger partial charge in [0.15, 0.2) is 0 Å². The van der Waals surface area contributed by atoms with Gasteiger partial charge in [0.2, 0.25) is 5.91 Å². The maximum atomic E-state index is 11.8. The van der Waals surface area contributed by atoms with E-state index in [0.29, 0.717) is 6.04 Å². The van der Waals surface area contributed by atoms with Crippen molar-refractivity contribution in [2.24, 2.45) is 0 Å². The number of para-hydroxylation sites is 1. The first-order chi connectivity index (χ1) is 13.7. The molecule has 0 N–H and O–H groups in total. The fourth-order valence-electron chi connectivity index (χ4n) is 4.78. The molecule has 2 aliphatic heterocycles. The third-order valence-electron chi connectivity index (χ3n) is 6.19. The van der Waals surface area contributed by atoms with Gasteiger partial charge in [0.1, 0.15) is 11.8 Å². The highest BCUT2D eigenvalue weighted by atomic mass is 16.3. The molecular weight excluding hydrogens is 350 g/mol. The molecule has 144 valence electrons. The second-order valence-electron chi connectivity index (χ2n) is 7.76. The van der Waals surface area contributed by atoms with Crippen LogP contribution in [-0.2, 0) is 11.3 Å². The standard InChI is InChI=1S/C23H25N3O2/c1-17(27)24-13-10-19(11-14-24)26-16-18-6-2-3-7-20(18)25-12-4-8-21(25)23(26)22-9-5-15-28-22/h2-9,12,15,19,23H,10-11,13-14,16H2,1H3/t23-/m1/s1. The highest BCUT2D eigenvalue weighted by Crippen LogP contribution is 2.39. The Morgan fingerprint density at radius 1 is 1.04 bits per heavy atom. The fourth-order valence-corrected chi connectivity index (χ4v) is 4.78. The number of piperidine rings is 1. The first kappa shape index (κ1) is 17.3. The number of hydrogen-bond acceptors (Lipinski definition) is 3. The highest BCUT2D eigenvalue weighted by molar-refractivity contribution is 5.73. The average Bonchev–Trinajstić information content (AvgIpc) is 3.39. The molecule has 2 aliphatic rings. The summed E-state index contributed by atoms with van der Waals surface area (Å²) in [7, 11) is 0. The molecular formula is C23H25N3O2. The summed E-state index contributed by atoms with van der Waals surface area (Å²) < 4.78 is 8.21. The van der Waals surface area contributed by atoms with E-state index in [4.69, 9.17) is 4.42 Å². The number of carbonyl (C=O) groups is 1. The Kier molecular flexibility index (Phi) is 4.32. The first-order valence-corrected chi connectivity index (χ1v) is 10.0. The molecule has 1 fully saturated rings. The lowest BCUT2D eigenvalue weighted by molar-refractivity contribution is -0.130. The van der Waals surface area contributed by atoms with Crippen LogP contribution in [0.3, 0.4) is 0 Å². The summed E-state index contributed by atoms with van der Waals surface area (Å²) in [6, 6.07) is 17.5. The minimum absolute atomic E-state index is 0.0614. The molecule has 2 aromatic heterocycles. The molecule has 28 heavy (non-hydrogen) atoms. The zero-order valence-corrected chi connectivity index (χ0v) is 16.1. The Morgan fingerprint density at radius 3 is 2.61 bits per heavy atom. The van der Waals surface area contributed by atoms with Gasteiger partial charge in [-0.2, -0.15) is 0 Å². The Labute approximate surface area is 165 Å². The van der Waals surface area contributed by atoms with Gasteiger partial charge in [0.05, 0.1) is 6.26 Å². The van der Waals surface area contributed by atoms with E-state index in [0.717, 1.165) is 38.2 Å². The third-order valence-corrected chi connectivity index (χ3v) is 6.19. The monoisotopic (exact) mass is 375 g/mol. The minimum atomic E-state index is 0.0614. The number of aromatic nitrogens is 1. The van der Waals surface area contributed by atoms with Gasteiger partial charge in [-0.1, -0.05) is 18.2 Å². The van der Waals surface area contributed by atoms with E-state index in [2.05, 4.69) is 58.1 Å². The van der Waals surface area contributed by atoms with Crippen LogP contribution >= 0.6 is 0 Å². The van der Waals surface area contributed by atoms with Crippen molar-refractivity contribution in [3.63, 3.8) is 0 Å². The Hall–Kier alpha value is -2.79. The number of rotatable bonds is 2. The molecule has 1 aromatic carbocycles. The van der Waals surface area contributed by atoms with E-state index >= 15 is 0 Å². The topological polar surface area (TPSA) is 41.6 Å². The molecule has 1 atom stereocenters. The zero-order valence-electron chi connectivity index (χ0n) is 16.1. The van der Waals surface area contributed by atoms with Crippen molar-refractivity contribution >= 4 is 5.91 Å². The minimum Gasteiger partial charge on any atom is -0.467 e. The van der Waals surface area contributed by atoms with Gasteiger partial charge >= 0.3 is 0 Å². The van der Waals surface area contributed by atoms with Crippen LogP contribution in [0.25, 0.3) is 5.69 Å². The predicted molar refractivity (Wildman–Crippen MR) is 107 cm³/mol. The van der Waals surface area contributed by atoms with Crippen molar-refractivity contribution in [3.05, 3.63) is 78.0 Å². The van der Waals surface area contributed by atoms with Crippen LogP contribution in [0.1, 0.15) is 42.8 Å². The Morgan fingerprint density at radius 2 is 1.86 bits per heavy atom. The van der Waals surface area contributed by atoms with E-state index in [9.17, 15) is 4.79 Å². The maximum Gasteiger partial charge on any atom is 0.219 e. The van der Waals surface area contributed by atoms with Crippen molar-refractivity contribution in [2.75, 3.05) is 13.1 Å². The summed E-state index contributed by atoms with van der Waals surface area (Å²) in [6.45, 7) is 4.18. The summed E-state index contributed by atoms with van der Waals surface area (Å²) in [5, 5.41) is 0. The Balaban J connectivity index is 1.58. The molecule has 0 saturated carbocycles. The summed E-state index contributed by atoms with van der Waals surface area (Å²) in [5.41, 5.74) is 3.79. The van der Waals surface area contributed by atoms with E-state index in [-0.39, 0.29) is 11.9 Å². The smallest absolute Gasteiger partial charge is 0.219 e. The lowest BCUT2D eigenvalue weighted by Crippen LogP contribution is -2.47. The SMILES string of the molecule is CC(=O)N1CCC(N2Cc3ccccc3-n3cccc3[C@@H]2c2ccco2)CC1. The normalized spacial score (nSPS) is 20.5. The van der Waals surface area contributed by atoms with Crippen LogP contribution in [0.5, 0.6) is 0 Å². The van der Waals surface area contributed by atoms with Gasteiger partial charge < -0.3 is 13.9 Å². The molecule has 1 amide bonds. The summed E-state index contributed by atoms with van der Waals surface area (Å²) in [5.74, 6) is 1.15. The largest absolute Gasteiger partial charge is 0.467 e. The number of fused-ring (bicyclic) bond motifs is 3. The number of amides is 1. The van der Waals surface area contributed by atoms with Crippen molar-refractivity contribution in [1.82, 2.24) is 14.4 Å². The van der Waals surface area contributed by atoms with Gasteiger partial charge in [0.25, 0.3) is 0 Å². The Bertz CT molecular complexity index is 967. The van der Waals surface area contributed by atoms with E-state index < -0.39 is 0 Å². The summed E-state index contributed by atoms with van der Waals surface area (Å²) >= 11 is 0. The number of hydrogen-bond donors (Lipinski definition) is 0. The van der Waals surface area contributed by atoms with Crippen LogP contribution in [0.15, 0.2) is 65.4 Å². The van der Waals surface area contributed by atoms with Gasteiger partial charge in [-0.15, -0.1) is 0 Å². The van der Waals surface area contributed by atoms with Crippen molar-refractivity contribution < 1.29 is 9.21 Å². The maximum absolute atomic E-state index is 11.8. The van der Waals surface area contributed by atoms with Crippen molar-refractivity contribution in [3.8, 4) is 5.69 Å². The number of likely N-dealkylation sites (tertiary alicyclic amines) is 1. The number of nitrogens with zero attached hydrogens (tertiary/aromatic N) is 3. The van der Waals surface area contributed by atoms with Crippen LogP contribution in [0.4, 0.5) is 0 Å². The van der Waals surface area contributed by atoms with Crippen LogP contribution in [0.2, 0.25) is 0 Å². The molecule has 0 unspecified atom stereocenters. The molecule has 0 radical (unpaired) electrons. The number of benzene rings is 1. The second kappa shape index (κ2) is 6.99. The van der Waals surface area contributed by atoms with Gasteiger partial charge in [-0.3, -0.25) is 9.69 Å². The lowest BCUT2D eigenvalue weighted by Gasteiger charge is -2.41. The summed E-state index contributed by atoms with van der Waals surface area (Å²) in [6.07, 6.45) is 5.88. The average molecular weight is 375 g/mol. The van der Waals surface area contributed by atoms with Crippen LogP contribution < -0.4 is 0 Å². The molecule has 3 aromatic rings. The van der Waals surface area contributed by atoms with Crippen LogP contribution in [0, 0.1) is 0 Å². The fraction of sp³-hybridized carbons (Fsp3) is 0.348. The highest BCUT2D eigenvalue weighted by Gasteiger charge is 2.37.